The smallest absolute Gasteiger partial charge is 0.330 e. The Morgan fingerprint density at radius 3 is 2.40 bits per heavy atom. The minimum atomic E-state index is -1.68. The summed E-state index contributed by atoms with van der Waals surface area (Å²) in [4.78, 5) is 40.2. The van der Waals surface area contributed by atoms with Crippen LogP contribution in [0.2, 0.25) is 0 Å². The van der Waals surface area contributed by atoms with E-state index >= 15 is 0 Å². The minimum absolute atomic E-state index is 0.237. The van der Waals surface area contributed by atoms with Gasteiger partial charge in [0.25, 0.3) is 0 Å². The first-order valence-electron chi connectivity index (χ1n) is 9.96. The molecule has 30 heavy (non-hydrogen) atoms. The van der Waals surface area contributed by atoms with E-state index in [0.29, 0.717) is 17.7 Å². The minimum Gasteiger partial charge on any atom is -0.468 e. The molecule has 0 N–H and O–H groups in total. The lowest BCUT2D eigenvalue weighted by atomic mass is 9.83. The van der Waals surface area contributed by atoms with Crippen LogP contribution < -0.4 is 4.74 Å². The summed E-state index contributed by atoms with van der Waals surface area (Å²) in [5.41, 5.74) is -1.75. The lowest BCUT2D eigenvalue weighted by Gasteiger charge is -2.23. The van der Waals surface area contributed by atoms with Crippen LogP contribution in [0.15, 0.2) is 66.7 Å². The molecule has 0 saturated heterocycles. The molecule has 0 radical (unpaired) electrons. The largest absolute Gasteiger partial charge is 0.468 e. The van der Waals surface area contributed by atoms with Gasteiger partial charge in [-0.05, 0) is 23.3 Å². The molecule has 2 aliphatic rings. The lowest BCUT2D eigenvalue weighted by molar-refractivity contribution is -0.160. The first-order valence-corrected chi connectivity index (χ1v) is 9.96. The van der Waals surface area contributed by atoms with Crippen LogP contribution in [0.3, 0.4) is 0 Å². The topological polar surface area (TPSA) is 69.7 Å². The monoisotopic (exact) mass is 400 g/mol. The molecule has 1 heterocycles. The average Bonchev–Trinajstić information content (AvgIpc) is 3.44. The number of carbonyl (C=O) groups is 3. The molecule has 3 aromatic rings. The first-order chi connectivity index (χ1) is 14.5. The predicted molar refractivity (Wildman–Crippen MR) is 110 cm³/mol. The van der Waals surface area contributed by atoms with E-state index in [4.69, 9.17) is 9.47 Å². The van der Waals surface area contributed by atoms with E-state index in [9.17, 15) is 14.4 Å². The molecule has 150 valence electrons. The highest BCUT2D eigenvalue weighted by Gasteiger charge is 2.90. The fourth-order valence-corrected chi connectivity index (χ4v) is 5.49. The van der Waals surface area contributed by atoms with Gasteiger partial charge in [-0.1, -0.05) is 67.6 Å². The quantitative estimate of drug-likeness (QED) is 0.283. The van der Waals surface area contributed by atoms with Crippen LogP contribution in [0.1, 0.15) is 35.2 Å². The van der Waals surface area contributed by atoms with Gasteiger partial charge < -0.3 is 9.47 Å². The van der Waals surface area contributed by atoms with Gasteiger partial charge in [0.2, 0.25) is 0 Å². The second-order valence-corrected chi connectivity index (χ2v) is 7.84. The number of carbonyl (C=O) groups excluding carboxylic acids is 3. The van der Waals surface area contributed by atoms with Crippen LogP contribution >= 0.6 is 0 Å². The summed E-state index contributed by atoms with van der Waals surface area (Å²) in [5, 5.41) is 1.83. The number of ketones is 1. The summed E-state index contributed by atoms with van der Waals surface area (Å²) in [6, 6.07) is 20.1. The molecule has 3 unspecified atom stereocenters. The molecule has 1 aliphatic heterocycles. The summed E-state index contributed by atoms with van der Waals surface area (Å²) < 4.78 is 10.8. The van der Waals surface area contributed by atoms with Gasteiger partial charge in [-0.3, -0.25) is 14.4 Å². The van der Waals surface area contributed by atoms with Gasteiger partial charge in [-0.2, -0.15) is 0 Å². The van der Waals surface area contributed by atoms with E-state index in [0.717, 1.165) is 16.3 Å². The van der Waals surface area contributed by atoms with E-state index in [1.54, 1.807) is 30.3 Å². The van der Waals surface area contributed by atoms with Gasteiger partial charge in [-0.15, -0.1) is 0 Å². The molecule has 0 bridgehead atoms. The van der Waals surface area contributed by atoms with Gasteiger partial charge in [0.1, 0.15) is 5.75 Å². The number of fused-ring (bicyclic) bond motifs is 5. The van der Waals surface area contributed by atoms with Crippen LogP contribution in [0.25, 0.3) is 10.8 Å². The van der Waals surface area contributed by atoms with Crippen LogP contribution in [0.4, 0.5) is 0 Å². The van der Waals surface area contributed by atoms with Crippen LogP contribution in [-0.2, 0) is 14.3 Å². The molecule has 1 aliphatic carbocycles. The standard InChI is InChI=1S/C25H20O5/c1-3-24(21(26)16-10-5-4-6-11-16)20-19-17-12-8-7-9-15(17)13-14-18(19)30-23(28)25(20,24)22(27)29-2/h4-14,20H,3H2,1-2H3. The summed E-state index contributed by atoms with van der Waals surface area (Å²) in [7, 11) is 1.24. The lowest BCUT2D eigenvalue weighted by Crippen LogP contribution is -2.40. The van der Waals surface area contributed by atoms with E-state index in [1.165, 1.54) is 7.11 Å². The Kier molecular flexibility index (Phi) is 3.87. The van der Waals surface area contributed by atoms with E-state index in [1.807, 2.05) is 43.3 Å². The second kappa shape index (κ2) is 6.26. The van der Waals surface area contributed by atoms with Crippen molar-refractivity contribution in [2.24, 2.45) is 10.8 Å². The predicted octanol–water partition coefficient (Wildman–Crippen LogP) is 4.29. The molecule has 1 saturated carbocycles. The van der Waals surface area contributed by atoms with Crippen molar-refractivity contribution in [1.82, 2.24) is 0 Å². The van der Waals surface area contributed by atoms with Crippen molar-refractivity contribution in [3.05, 3.63) is 77.9 Å². The zero-order valence-electron chi connectivity index (χ0n) is 16.7. The van der Waals surface area contributed by atoms with Crippen molar-refractivity contribution in [2.45, 2.75) is 19.3 Å². The first kappa shape index (κ1) is 18.6. The van der Waals surface area contributed by atoms with E-state index < -0.39 is 28.7 Å². The Morgan fingerprint density at radius 2 is 1.70 bits per heavy atom. The number of rotatable bonds is 4. The molecular weight excluding hydrogens is 380 g/mol. The molecule has 1 fully saturated rings. The number of methoxy groups -OCH3 is 1. The van der Waals surface area contributed by atoms with Gasteiger partial charge in [0.05, 0.1) is 12.5 Å². The zero-order chi connectivity index (χ0) is 21.1. The molecule has 3 aromatic carbocycles. The highest BCUT2D eigenvalue weighted by atomic mass is 16.6. The van der Waals surface area contributed by atoms with Gasteiger partial charge in [0.15, 0.2) is 11.2 Å². The molecule has 5 heteroatoms. The number of benzene rings is 3. The maximum Gasteiger partial charge on any atom is 0.330 e. The second-order valence-electron chi connectivity index (χ2n) is 7.84. The summed E-state index contributed by atoms with van der Waals surface area (Å²) in [6.45, 7) is 1.84. The van der Waals surface area contributed by atoms with Crippen molar-refractivity contribution in [2.75, 3.05) is 7.11 Å². The Morgan fingerprint density at radius 1 is 1.00 bits per heavy atom. The van der Waals surface area contributed by atoms with Crippen molar-refractivity contribution in [3.8, 4) is 5.75 Å². The maximum absolute atomic E-state index is 13.8. The summed E-state index contributed by atoms with van der Waals surface area (Å²) in [6.07, 6.45) is 0.304. The Hall–Kier alpha value is -3.47. The number of hydrogen-bond acceptors (Lipinski definition) is 5. The molecule has 0 aromatic heterocycles. The molecule has 3 atom stereocenters. The fraction of sp³-hybridized carbons (Fsp3) is 0.240. The van der Waals surface area contributed by atoms with E-state index in [-0.39, 0.29) is 5.78 Å². The van der Waals surface area contributed by atoms with Crippen molar-refractivity contribution in [1.29, 1.82) is 0 Å². The van der Waals surface area contributed by atoms with Gasteiger partial charge in [0, 0.05) is 17.0 Å². The zero-order valence-corrected chi connectivity index (χ0v) is 16.7. The molecule has 0 amide bonds. The summed E-state index contributed by atoms with van der Waals surface area (Å²) in [5.74, 6) is -1.91. The Balaban J connectivity index is 1.83. The normalized spacial score (nSPS) is 26.3. The van der Waals surface area contributed by atoms with Crippen molar-refractivity contribution in [3.63, 3.8) is 0 Å². The maximum atomic E-state index is 13.8. The third-order valence-electron chi connectivity index (χ3n) is 6.80. The third-order valence-corrected chi connectivity index (χ3v) is 6.80. The molecule has 0 spiro atoms. The van der Waals surface area contributed by atoms with Gasteiger partial charge >= 0.3 is 11.9 Å². The number of ether oxygens (including phenoxy) is 2. The highest BCUT2D eigenvalue weighted by molar-refractivity contribution is 6.21. The average molecular weight is 400 g/mol. The number of esters is 2. The highest BCUT2D eigenvalue weighted by Crippen LogP contribution is 2.80. The molecular formula is C25H20O5. The Labute approximate surface area is 173 Å². The van der Waals surface area contributed by atoms with Crippen LogP contribution in [0.5, 0.6) is 5.75 Å². The van der Waals surface area contributed by atoms with E-state index in [2.05, 4.69) is 0 Å². The number of hydrogen-bond donors (Lipinski definition) is 0. The third kappa shape index (κ3) is 1.99. The number of Topliss-reactive ketones (excluding diaryl/α,β-unsaturated/α-hetero) is 1. The summed E-state index contributed by atoms with van der Waals surface area (Å²) >= 11 is 0. The van der Waals surface area contributed by atoms with Crippen molar-refractivity contribution >= 4 is 28.5 Å². The van der Waals surface area contributed by atoms with Crippen LogP contribution in [-0.4, -0.2) is 24.8 Å². The van der Waals surface area contributed by atoms with Gasteiger partial charge in [-0.25, -0.2) is 0 Å². The van der Waals surface area contributed by atoms with Crippen LogP contribution in [0, 0.1) is 10.8 Å². The Bertz CT molecular complexity index is 1210. The van der Waals surface area contributed by atoms with Crippen molar-refractivity contribution < 1.29 is 23.9 Å². The molecule has 5 nitrogen and oxygen atoms in total. The molecule has 5 rings (SSSR count). The fourth-order valence-electron chi connectivity index (χ4n) is 5.49. The SMILES string of the molecule is CCC1(C(=O)c2ccccc2)C2c3c(ccc4ccccc34)OC(=O)C21C(=O)OC.